The van der Waals surface area contributed by atoms with E-state index >= 15 is 0 Å². The Labute approximate surface area is 274 Å². The minimum atomic E-state index is -3.18. The number of carbonyl (C=O) groups excluding carboxylic acids is 3. The first-order valence-electron chi connectivity index (χ1n) is 14.7. The van der Waals surface area contributed by atoms with Gasteiger partial charge >= 0.3 is 6.10 Å². The largest absolute Gasteiger partial charge is 0.381 e. The summed E-state index contributed by atoms with van der Waals surface area (Å²) < 4.78 is 6.52. The van der Waals surface area contributed by atoms with Gasteiger partial charge in [0.1, 0.15) is 17.3 Å². The molecule has 0 spiro atoms. The minimum absolute atomic E-state index is 0.0435. The molecule has 0 saturated heterocycles. The molecule has 0 atom stereocenters. The third-order valence-electron chi connectivity index (χ3n) is 7.01. The van der Waals surface area contributed by atoms with E-state index in [-0.39, 0.29) is 35.0 Å². The fourth-order valence-electron chi connectivity index (χ4n) is 4.96. The smallest absolute Gasteiger partial charge is 0.366 e. The van der Waals surface area contributed by atoms with E-state index in [9.17, 15) is 19.2 Å². The number of carbonyl (C=O) groups is 3. The molecule has 2 aromatic carbocycles. The highest BCUT2D eigenvalue weighted by atomic mass is 16.7. The zero-order chi connectivity index (χ0) is 35.3. The second-order valence-corrected chi connectivity index (χ2v) is 10.4. The number of benzene rings is 2. The maximum absolute atomic E-state index is 13.5. The number of rotatable bonds is 8. The minimum Gasteiger partial charge on any atom is -0.381 e. The number of anilines is 2. The summed E-state index contributed by atoms with van der Waals surface area (Å²) in [5.41, 5.74) is 2.96. The molecule has 4 aromatic rings. The van der Waals surface area contributed by atoms with Gasteiger partial charge in [0.25, 0.3) is 23.3 Å². The van der Waals surface area contributed by atoms with E-state index in [4.69, 9.17) is 25.3 Å². The number of hydrogen-bond donors (Lipinski definition) is 7. The Hall–Kier alpha value is -5.90. The Morgan fingerprint density at radius 3 is 2.33 bits per heavy atom. The van der Waals surface area contributed by atoms with E-state index in [0.717, 1.165) is 17.0 Å². The van der Waals surface area contributed by atoms with Crippen molar-refractivity contribution in [1.82, 2.24) is 20.4 Å². The predicted molar refractivity (Wildman–Crippen MR) is 176 cm³/mol. The van der Waals surface area contributed by atoms with Crippen LogP contribution in [0.25, 0.3) is 11.1 Å². The van der Waals surface area contributed by atoms with Crippen LogP contribution in [-0.2, 0) is 13.6 Å². The summed E-state index contributed by atoms with van der Waals surface area (Å²) in [6, 6.07) is 14.4. The van der Waals surface area contributed by atoms with Gasteiger partial charge < -0.3 is 40.7 Å². The summed E-state index contributed by atoms with van der Waals surface area (Å²) in [5, 5.41) is 40.9. The van der Waals surface area contributed by atoms with E-state index in [1.165, 1.54) is 30.1 Å². The number of hydrogen-bond acceptors (Lipinski definition) is 11. The summed E-state index contributed by atoms with van der Waals surface area (Å²) in [7, 11) is 1.53. The van der Waals surface area contributed by atoms with Crippen molar-refractivity contribution in [2.24, 2.45) is 7.05 Å². The molecular formula is C33H35N7O8. The summed E-state index contributed by atoms with van der Waals surface area (Å²) in [6.07, 6.45) is -1.37. The predicted octanol–water partition coefficient (Wildman–Crippen LogP) is 2.49. The molecule has 3 amide bonds. The third kappa shape index (κ3) is 7.72. The van der Waals surface area contributed by atoms with Crippen molar-refractivity contribution in [3.05, 3.63) is 111 Å². The van der Waals surface area contributed by atoms with Crippen molar-refractivity contribution in [1.29, 1.82) is 5.41 Å². The summed E-state index contributed by atoms with van der Waals surface area (Å²) >= 11 is 0. The van der Waals surface area contributed by atoms with Gasteiger partial charge in [0.15, 0.2) is 0 Å². The Balaban J connectivity index is 0.00000255. The lowest BCUT2D eigenvalue weighted by molar-refractivity contribution is -0.324. The zero-order valence-corrected chi connectivity index (χ0v) is 26.8. The second-order valence-electron chi connectivity index (χ2n) is 10.4. The van der Waals surface area contributed by atoms with E-state index in [1.807, 2.05) is 13.8 Å². The van der Waals surface area contributed by atoms with Crippen LogP contribution < -0.4 is 26.4 Å². The zero-order valence-electron chi connectivity index (χ0n) is 26.8. The molecule has 0 bridgehead atoms. The number of amides is 3. The lowest BCUT2D eigenvalue weighted by atomic mass is 10.1. The molecule has 1 aliphatic rings. The molecule has 0 saturated carbocycles. The summed E-state index contributed by atoms with van der Waals surface area (Å²) in [4.78, 5) is 57.9. The summed E-state index contributed by atoms with van der Waals surface area (Å²) in [6.45, 7) is 7.44. The van der Waals surface area contributed by atoms with Crippen LogP contribution in [-0.4, -0.2) is 54.7 Å². The first-order chi connectivity index (χ1) is 22.7. The standard InChI is InChI=1S/C31H29N7O8.C2H6/c1-16-13-22-23(15-38(29(22)41)21-9-7-18(8-10-21)25-17(2)46-37(3)30(25)42)26(34-16)28(40)35-20-6-4-5-19(14-20)27(39)36-24(32)11-12-33-31(43,44)45;1-2/h4-14,33,43-45H,15H2,1-3H3,(H,35,40)(H2,32,36,39);1-2H3/b12-11-;. The highest BCUT2D eigenvalue weighted by Gasteiger charge is 2.33. The van der Waals surface area contributed by atoms with Crippen molar-refractivity contribution in [2.75, 3.05) is 10.2 Å². The van der Waals surface area contributed by atoms with Gasteiger partial charge in [-0.05, 0) is 61.9 Å². The van der Waals surface area contributed by atoms with Gasteiger partial charge in [-0.15, -0.1) is 0 Å². The molecule has 15 nitrogen and oxygen atoms in total. The fourth-order valence-corrected chi connectivity index (χ4v) is 4.96. The number of nitrogens with zero attached hydrogens (tertiary/aromatic N) is 3. The Morgan fingerprint density at radius 2 is 1.71 bits per heavy atom. The lowest BCUT2D eigenvalue weighted by Gasteiger charge is -2.16. The maximum atomic E-state index is 13.5. The monoisotopic (exact) mass is 657 g/mol. The van der Waals surface area contributed by atoms with Crippen LogP contribution in [0.1, 0.15) is 62.1 Å². The molecule has 48 heavy (non-hydrogen) atoms. The highest BCUT2D eigenvalue weighted by molar-refractivity contribution is 6.14. The first-order valence-corrected chi connectivity index (χ1v) is 14.7. The number of pyridine rings is 1. The SMILES string of the molecule is CC.Cc1cc2c(c(C(=O)Nc3cccc(C(=O)NC(=N)/C=C\NC(O)(O)O)c3)n1)CN(c1ccc(-c3c(C)on(C)c3=O)cc1)C2=O. The van der Waals surface area contributed by atoms with Crippen LogP contribution in [0.4, 0.5) is 11.4 Å². The molecular weight excluding hydrogens is 622 g/mol. The normalized spacial score (nSPS) is 12.3. The average molecular weight is 658 g/mol. The van der Waals surface area contributed by atoms with Crippen LogP contribution >= 0.6 is 0 Å². The first kappa shape index (κ1) is 35.0. The lowest BCUT2D eigenvalue weighted by Crippen LogP contribution is -2.41. The molecule has 2 aromatic heterocycles. The van der Waals surface area contributed by atoms with E-state index in [0.29, 0.717) is 39.4 Å². The average Bonchev–Trinajstić information content (AvgIpc) is 3.50. The van der Waals surface area contributed by atoms with Crippen LogP contribution in [0.3, 0.4) is 0 Å². The molecule has 0 unspecified atom stereocenters. The van der Waals surface area contributed by atoms with Crippen LogP contribution in [0.2, 0.25) is 0 Å². The van der Waals surface area contributed by atoms with E-state index in [1.54, 1.807) is 55.6 Å². The van der Waals surface area contributed by atoms with Crippen LogP contribution in [0, 0.1) is 19.3 Å². The Bertz CT molecular complexity index is 1970. The Morgan fingerprint density at radius 1 is 1.02 bits per heavy atom. The van der Waals surface area contributed by atoms with Gasteiger partial charge in [-0.3, -0.25) is 24.6 Å². The molecule has 5 rings (SSSR count). The van der Waals surface area contributed by atoms with Gasteiger partial charge in [0.05, 0.1) is 12.1 Å². The summed E-state index contributed by atoms with van der Waals surface area (Å²) in [5.74, 6) is -1.57. The number of aliphatic hydroxyl groups is 3. The van der Waals surface area contributed by atoms with Crippen molar-refractivity contribution in [3.63, 3.8) is 0 Å². The van der Waals surface area contributed by atoms with Crippen LogP contribution in [0.5, 0.6) is 0 Å². The highest BCUT2D eigenvalue weighted by Crippen LogP contribution is 2.32. The quantitative estimate of drug-likeness (QED) is 0.0833. The molecule has 1 aliphatic heterocycles. The fraction of sp³-hybridized carbons (Fsp3) is 0.212. The molecule has 250 valence electrons. The van der Waals surface area contributed by atoms with Crippen molar-refractivity contribution in [2.45, 2.75) is 40.3 Å². The molecule has 0 aliphatic carbocycles. The number of aromatic nitrogens is 2. The van der Waals surface area contributed by atoms with Crippen molar-refractivity contribution >= 4 is 34.9 Å². The van der Waals surface area contributed by atoms with Gasteiger partial charge in [0.2, 0.25) is 0 Å². The number of amidine groups is 1. The molecule has 0 fully saturated rings. The topological polar surface area (TPSA) is 223 Å². The maximum Gasteiger partial charge on any atom is 0.366 e. The molecule has 0 radical (unpaired) electrons. The van der Waals surface area contributed by atoms with E-state index in [2.05, 4.69) is 15.6 Å². The second kappa shape index (κ2) is 14.3. The molecule has 15 heteroatoms. The van der Waals surface area contributed by atoms with Crippen LogP contribution in [0.15, 0.2) is 76.2 Å². The van der Waals surface area contributed by atoms with Gasteiger partial charge in [-0.2, -0.15) is 4.74 Å². The number of aryl methyl sites for hydroxylation is 3. The third-order valence-corrected chi connectivity index (χ3v) is 7.01. The van der Waals surface area contributed by atoms with E-state index < -0.39 is 23.7 Å². The number of fused-ring (bicyclic) bond motifs is 1. The van der Waals surface area contributed by atoms with Crippen molar-refractivity contribution < 1.29 is 34.2 Å². The van der Waals surface area contributed by atoms with Gasteiger partial charge in [-0.25, -0.2) is 4.98 Å². The number of nitrogens with one attached hydrogen (secondary N) is 4. The molecule has 3 heterocycles. The van der Waals surface area contributed by atoms with Gasteiger partial charge in [0, 0.05) is 47.0 Å². The molecule has 7 N–H and O–H groups in total. The van der Waals surface area contributed by atoms with Crippen molar-refractivity contribution in [3.8, 4) is 11.1 Å². The Kier molecular flexibility index (Phi) is 10.4. The van der Waals surface area contributed by atoms with Gasteiger partial charge in [-0.1, -0.05) is 32.0 Å².